The van der Waals surface area contributed by atoms with Crippen LogP contribution in [0.5, 0.6) is 5.75 Å². The highest BCUT2D eigenvalue weighted by molar-refractivity contribution is 5.98. The number of carbonyl (C=O) groups is 5. The summed E-state index contributed by atoms with van der Waals surface area (Å²) in [7, 11) is 0. The molecule has 0 radical (unpaired) electrons. The SMILES string of the molecule is N=C(N)c1ccc(OC(=O)c2ccc(-c3ccc(C(=O)N[C@@H](CC(=O)OC(=O)C(F)(F)F)C(=O)O)cc3)o2)cc1. The Hall–Kier alpha value is -5.47. The third kappa shape index (κ3) is 7.53. The molecule has 0 aliphatic rings. The van der Waals surface area contributed by atoms with E-state index in [9.17, 15) is 42.3 Å². The molecule has 0 saturated carbocycles. The second-order valence-corrected chi connectivity index (χ2v) is 7.90. The van der Waals surface area contributed by atoms with Gasteiger partial charge in [0.25, 0.3) is 5.91 Å². The molecule has 3 rings (SSSR count). The van der Waals surface area contributed by atoms with Crippen molar-refractivity contribution in [3.63, 3.8) is 0 Å². The molecule has 5 N–H and O–H groups in total. The number of amidine groups is 1. The lowest BCUT2D eigenvalue weighted by Gasteiger charge is -2.14. The zero-order valence-corrected chi connectivity index (χ0v) is 20.0. The van der Waals surface area contributed by atoms with Crippen molar-refractivity contribution in [2.24, 2.45) is 5.73 Å². The van der Waals surface area contributed by atoms with Crippen LogP contribution < -0.4 is 15.8 Å². The predicted molar refractivity (Wildman–Crippen MR) is 127 cm³/mol. The van der Waals surface area contributed by atoms with Gasteiger partial charge in [-0.3, -0.25) is 15.0 Å². The predicted octanol–water partition coefficient (Wildman–Crippen LogP) is 2.66. The topological polar surface area (TPSA) is 199 Å². The van der Waals surface area contributed by atoms with Gasteiger partial charge in [-0.15, -0.1) is 0 Å². The van der Waals surface area contributed by atoms with E-state index in [2.05, 4.69) is 4.74 Å². The van der Waals surface area contributed by atoms with Crippen molar-refractivity contribution < 1.29 is 56.1 Å². The molecule has 1 heterocycles. The van der Waals surface area contributed by atoms with Crippen LogP contribution in [0.3, 0.4) is 0 Å². The maximum absolute atomic E-state index is 12.4. The molecule has 0 unspecified atom stereocenters. The van der Waals surface area contributed by atoms with Gasteiger partial charge in [0, 0.05) is 16.7 Å². The average Bonchev–Trinajstić information content (AvgIpc) is 3.38. The van der Waals surface area contributed by atoms with Crippen molar-refractivity contribution in [3.8, 4) is 17.1 Å². The molecule has 0 saturated heterocycles. The molecule has 2 aromatic carbocycles. The lowest BCUT2D eigenvalue weighted by atomic mass is 10.1. The largest absolute Gasteiger partial charge is 0.491 e. The van der Waals surface area contributed by atoms with Gasteiger partial charge in [-0.1, -0.05) is 12.1 Å². The van der Waals surface area contributed by atoms with E-state index in [0.717, 1.165) is 0 Å². The minimum Gasteiger partial charge on any atom is -0.480 e. The second-order valence-electron chi connectivity index (χ2n) is 7.90. The van der Waals surface area contributed by atoms with E-state index in [0.29, 0.717) is 11.1 Å². The van der Waals surface area contributed by atoms with Crippen molar-refractivity contribution in [2.45, 2.75) is 18.6 Å². The molecular weight excluding hydrogens is 543 g/mol. The number of nitrogens with one attached hydrogen (secondary N) is 2. The molecule has 1 aromatic heterocycles. The third-order valence-electron chi connectivity index (χ3n) is 5.03. The Bertz CT molecular complexity index is 1460. The third-order valence-corrected chi connectivity index (χ3v) is 5.03. The number of halogens is 3. The fourth-order valence-electron chi connectivity index (χ4n) is 3.06. The Morgan fingerprint density at radius 3 is 2.10 bits per heavy atom. The van der Waals surface area contributed by atoms with Crippen molar-refractivity contribution in [2.75, 3.05) is 0 Å². The Balaban J connectivity index is 1.62. The van der Waals surface area contributed by atoms with Crippen LogP contribution in [-0.4, -0.2) is 52.9 Å². The standard InChI is InChI=1S/C25H18F3N3O9/c26-25(27,28)24(37)40-19(32)11-16(22(34)35)31-21(33)14-3-1-12(2-4-14)17-9-10-18(39-17)23(36)38-15-7-5-13(6-8-15)20(29)30/h1-10,16H,11H2,(H3,29,30)(H,31,33)(H,34,35)/t16-/m0/s1. The molecule has 0 fully saturated rings. The highest BCUT2D eigenvalue weighted by atomic mass is 19.4. The zero-order valence-electron chi connectivity index (χ0n) is 20.0. The number of benzene rings is 2. The van der Waals surface area contributed by atoms with Gasteiger partial charge < -0.3 is 30.0 Å². The average molecular weight is 561 g/mol. The number of carboxylic acids is 1. The lowest BCUT2D eigenvalue weighted by molar-refractivity contribution is -0.202. The van der Waals surface area contributed by atoms with Crippen molar-refractivity contribution >= 4 is 35.6 Å². The summed E-state index contributed by atoms with van der Waals surface area (Å²) < 4.78 is 50.9. The van der Waals surface area contributed by atoms with Gasteiger partial charge in [0.1, 0.15) is 23.4 Å². The van der Waals surface area contributed by atoms with Crippen LogP contribution in [0.15, 0.2) is 65.1 Å². The van der Waals surface area contributed by atoms with E-state index in [-0.39, 0.29) is 28.7 Å². The maximum atomic E-state index is 12.4. The maximum Gasteiger partial charge on any atom is 0.491 e. The number of hydrogen-bond donors (Lipinski definition) is 4. The smallest absolute Gasteiger partial charge is 0.480 e. The minimum atomic E-state index is -5.46. The summed E-state index contributed by atoms with van der Waals surface area (Å²) in [5, 5.41) is 18.5. The first-order valence-corrected chi connectivity index (χ1v) is 11.0. The highest BCUT2D eigenvalue weighted by Crippen LogP contribution is 2.24. The zero-order chi connectivity index (χ0) is 29.6. The van der Waals surface area contributed by atoms with Gasteiger partial charge in [0.05, 0.1) is 6.42 Å². The molecular formula is C25H18F3N3O9. The van der Waals surface area contributed by atoms with E-state index >= 15 is 0 Å². The van der Waals surface area contributed by atoms with Crippen molar-refractivity contribution in [3.05, 3.63) is 77.6 Å². The van der Waals surface area contributed by atoms with Gasteiger partial charge in [0.15, 0.2) is 0 Å². The highest BCUT2D eigenvalue weighted by Gasteiger charge is 2.43. The molecule has 0 bridgehead atoms. The quantitative estimate of drug-likeness (QED) is 0.0990. The summed E-state index contributed by atoms with van der Waals surface area (Å²) in [6.07, 6.45) is -6.70. The summed E-state index contributed by atoms with van der Waals surface area (Å²) in [4.78, 5) is 58.4. The summed E-state index contributed by atoms with van der Waals surface area (Å²) in [6.45, 7) is 0. The van der Waals surface area contributed by atoms with E-state index in [1.807, 2.05) is 5.32 Å². The summed E-state index contributed by atoms with van der Waals surface area (Å²) >= 11 is 0. The van der Waals surface area contributed by atoms with Gasteiger partial charge in [-0.25, -0.2) is 14.4 Å². The Morgan fingerprint density at radius 1 is 0.950 bits per heavy atom. The molecule has 1 amide bonds. The lowest BCUT2D eigenvalue weighted by Crippen LogP contribution is -2.43. The van der Waals surface area contributed by atoms with E-state index < -0.39 is 48.4 Å². The number of carbonyl (C=O) groups excluding carboxylic acids is 4. The second kappa shape index (κ2) is 11.9. The normalized spacial score (nSPS) is 11.7. The number of nitrogen functional groups attached to an aromatic ring is 1. The molecule has 0 aliphatic carbocycles. The van der Waals surface area contributed by atoms with Gasteiger partial charge in [-0.05, 0) is 48.5 Å². The Morgan fingerprint density at radius 2 is 1.55 bits per heavy atom. The van der Waals surface area contributed by atoms with Crippen LogP contribution in [0.2, 0.25) is 0 Å². The van der Waals surface area contributed by atoms with Gasteiger partial charge >= 0.3 is 30.1 Å². The minimum absolute atomic E-state index is 0.0880. The number of rotatable bonds is 9. The van der Waals surface area contributed by atoms with Crippen LogP contribution in [0.25, 0.3) is 11.3 Å². The van der Waals surface area contributed by atoms with Crippen molar-refractivity contribution in [1.29, 1.82) is 5.41 Å². The van der Waals surface area contributed by atoms with Crippen LogP contribution in [0.1, 0.15) is 32.9 Å². The van der Waals surface area contributed by atoms with E-state index in [1.54, 1.807) is 0 Å². The number of carboxylic acid groups (broad SMARTS) is 1. The van der Waals surface area contributed by atoms with Crippen LogP contribution in [-0.2, 0) is 19.1 Å². The first-order chi connectivity index (χ1) is 18.7. The molecule has 12 nitrogen and oxygen atoms in total. The number of aliphatic carboxylic acids is 1. The molecule has 0 spiro atoms. The Kier molecular flexibility index (Phi) is 8.68. The first kappa shape index (κ1) is 29.1. The number of hydrogen-bond acceptors (Lipinski definition) is 9. The number of alkyl halides is 3. The summed E-state index contributed by atoms with van der Waals surface area (Å²) in [5.74, 6) is -8.08. The molecule has 3 aromatic rings. The summed E-state index contributed by atoms with van der Waals surface area (Å²) in [5.41, 5.74) is 6.13. The number of nitrogens with two attached hydrogens (primary N) is 1. The molecule has 40 heavy (non-hydrogen) atoms. The van der Waals surface area contributed by atoms with E-state index in [4.69, 9.17) is 20.3 Å². The number of furan rings is 1. The van der Waals surface area contributed by atoms with Crippen molar-refractivity contribution in [1.82, 2.24) is 5.32 Å². The number of esters is 3. The Labute approximate surface area is 222 Å². The molecule has 1 atom stereocenters. The fraction of sp³-hybridized carbons (Fsp3) is 0.120. The molecule has 208 valence electrons. The molecule has 0 aliphatic heterocycles. The summed E-state index contributed by atoms with van der Waals surface area (Å²) in [6, 6.07) is 12.0. The van der Waals surface area contributed by atoms with Crippen LogP contribution in [0, 0.1) is 5.41 Å². The monoisotopic (exact) mass is 561 g/mol. The number of amides is 1. The van der Waals surface area contributed by atoms with Gasteiger partial charge in [-0.2, -0.15) is 13.2 Å². The molecule has 15 heteroatoms. The van der Waals surface area contributed by atoms with Gasteiger partial charge in [0.2, 0.25) is 5.76 Å². The van der Waals surface area contributed by atoms with E-state index in [1.165, 1.54) is 60.7 Å². The van der Waals surface area contributed by atoms with Crippen LogP contribution >= 0.6 is 0 Å². The fourth-order valence-corrected chi connectivity index (χ4v) is 3.06. The first-order valence-electron chi connectivity index (χ1n) is 11.0. The number of ether oxygens (including phenoxy) is 2. The van der Waals surface area contributed by atoms with Crippen LogP contribution in [0.4, 0.5) is 13.2 Å².